The number of nitro benzene ring substituents is 2. The van der Waals surface area contributed by atoms with Crippen LogP contribution in [-0.2, 0) is 4.74 Å². The molecule has 0 aromatic heterocycles. The topological polar surface area (TPSA) is 130 Å². The SMILES string of the molecule is O=C(O[C@@H](C(=O)c1ccccc1)c1ccc([N+](=O)[O-])cc1)c1ccc([N+](=O)[O-])cc1Cl. The fraction of sp³-hybridized carbons (Fsp3) is 0.0476. The summed E-state index contributed by atoms with van der Waals surface area (Å²) >= 11 is 5.98. The van der Waals surface area contributed by atoms with E-state index in [1.807, 2.05) is 0 Å². The molecule has 0 spiro atoms. The molecule has 3 rings (SSSR count). The molecule has 0 aliphatic heterocycles. The van der Waals surface area contributed by atoms with Gasteiger partial charge in [-0.1, -0.05) is 41.9 Å². The summed E-state index contributed by atoms with van der Waals surface area (Å²) in [5.74, 6) is -1.53. The van der Waals surface area contributed by atoms with Gasteiger partial charge in [-0.3, -0.25) is 25.0 Å². The Morgan fingerprint density at radius 1 is 0.839 bits per heavy atom. The number of hydrogen-bond acceptors (Lipinski definition) is 7. The molecule has 156 valence electrons. The second-order valence-electron chi connectivity index (χ2n) is 6.29. The number of carbonyl (C=O) groups is 2. The third-order valence-electron chi connectivity index (χ3n) is 4.31. The molecule has 1 atom stereocenters. The van der Waals surface area contributed by atoms with Gasteiger partial charge in [0.25, 0.3) is 11.4 Å². The summed E-state index contributed by atoms with van der Waals surface area (Å²) in [5, 5.41) is 21.5. The normalized spacial score (nSPS) is 11.4. The number of rotatable bonds is 7. The first-order chi connectivity index (χ1) is 14.8. The van der Waals surface area contributed by atoms with Gasteiger partial charge in [-0.2, -0.15) is 0 Å². The van der Waals surface area contributed by atoms with Gasteiger partial charge in [0.1, 0.15) is 0 Å². The molecule has 0 amide bonds. The number of Topliss-reactive ketones (excluding diaryl/α,β-unsaturated/α-hetero) is 1. The van der Waals surface area contributed by atoms with Crippen LogP contribution in [0.3, 0.4) is 0 Å². The van der Waals surface area contributed by atoms with Crippen LogP contribution in [0.2, 0.25) is 5.02 Å². The number of ether oxygens (including phenoxy) is 1. The summed E-state index contributed by atoms with van der Waals surface area (Å²) in [6, 6.07) is 16.3. The summed E-state index contributed by atoms with van der Waals surface area (Å²) in [7, 11) is 0. The van der Waals surface area contributed by atoms with Crippen molar-refractivity contribution in [2.24, 2.45) is 0 Å². The molecule has 0 N–H and O–H groups in total. The van der Waals surface area contributed by atoms with Crippen molar-refractivity contribution in [3.05, 3.63) is 115 Å². The zero-order chi connectivity index (χ0) is 22.5. The van der Waals surface area contributed by atoms with E-state index in [-0.39, 0.29) is 33.1 Å². The highest BCUT2D eigenvalue weighted by Gasteiger charge is 2.28. The van der Waals surface area contributed by atoms with Crippen molar-refractivity contribution in [2.45, 2.75) is 6.10 Å². The van der Waals surface area contributed by atoms with E-state index >= 15 is 0 Å². The predicted octanol–water partition coefficient (Wildman–Crippen LogP) is 4.94. The Kier molecular flexibility index (Phi) is 6.37. The monoisotopic (exact) mass is 440 g/mol. The predicted molar refractivity (Wildman–Crippen MR) is 110 cm³/mol. The molecule has 0 heterocycles. The van der Waals surface area contributed by atoms with Gasteiger partial charge in [0.2, 0.25) is 5.78 Å². The van der Waals surface area contributed by atoms with E-state index in [1.165, 1.54) is 36.4 Å². The van der Waals surface area contributed by atoms with Crippen molar-refractivity contribution in [3.8, 4) is 0 Å². The van der Waals surface area contributed by atoms with Crippen LogP contribution in [-0.4, -0.2) is 21.6 Å². The van der Waals surface area contributed by atoms with E-state index in [4.69, 9.17) is 16.3 Å². The highest BCUT2D eigenvalue weighted by atomic mass is 35.5. The van der Waals surface area contributed by atoms with Crippen LogP contribution in [0.5, 0.6) is 0 Å². The molecule has 3 aromatic rings. The lowest BCUT2D eigenvalue weighted by Gasteiger charge is -2.18. The Labute approximate surface area is 180 Å². The van der Waals surface area contributed by atoms with Gasteiger partial charge in [0.15, 0.2) is 6.10 Å². The van der Waals surface area contributed by atoms with E-state index in [0.29, 0.717) is 0 Å². The van der Waals surface area contributed by atoms with Gasteiger partial charge in [-0.15, -0.1) is 0 Å². The molecular formula is C21H13ClN2O7. The fourth-order valence-corrected chi connectivity index (χ4v) is 3.00. The van der Waals surface area contributed by atoms with Gasteiger partial charge < -0.3 is 4.74 Å². The number of benzene rings is 3. The first kappa shape index (κ1) is 21.6. The Morgan fingerprint density at radius 3 is 1.97 bits per heavy atom. The van der Waals surface area contributed by atoms with Crippen molar-refractivity contribution in [3.63, 3.8) is 0 Å². The molecule has 0 fully saturated rings. The highest BCUT2D eigenvalue weighted by Crippen LogP contribution is 2.29. The van der Waals surface area contributed by atoms with Crippen molar-refractivity contribution < 1.29 is 24.2 Å². The Balaban J connectivity index is 1.96. The summed E-state index contributed by atoms with van der Waals surface area (Å²) in [5.41, 5.74) is -0.201. The van der Waals surface area contributed by atoms with Gasteiger partial charge in [0, 0.05) is 35.4 Å². The molecule has 31 heavy (non-hydrogen) atoms. The first-order valence-electron chi connectivity index (χ1n) is 8.76. The lowest BCUT2D eigenvalue weighted by atomic mass is 9.99. The number of hydrogen-bond donors (Lipinski definition) is 0. The number of nitro groups is 2. The van der Waals surface area contributed by atoms with E-state index in [0.717, 1.165) is 18.2 Å². The number of carbonyl (C=O) groups excluding carboxylic acids is 2. The van der Waals surface area contributed by atoms with E-state index in [9.17, 15) is 29.8 Å². The molecular weight excluding hydrogens is 428 g/mol. The lowest BCUT2D eigenvalue weighted by Crippen LogP contribution is -2.20. The molecule has 0 unspecified atom stereocenters. The van der Waals surface area contributed by atoms with Crippen LogP contribution in [0.4, 0.5) is 11.4 Å². The third kappa shape index (κ3) is 4.90. The van der Waals surface area contributed by atoms with Crippen molar-refractivity contribution in [1.29, 1.82) is 0 Å². The maximum absolute atomic E-state index is 13.0. The van der Waals surface area contributed by atoms with Gasteiger partial charge in [-0.05, 0) is 18.2 Å². The number of ketones is 1. The van der Waals surface area contributed by atoms with E-state index < -0.39 is 27.7 Å². The molecule has 0 bridgehead atoms. The third-order valence-corrected chi connectivity index (χ3v) is 4.62. The average Bonchev–Trinajstić information content (AvgIpc) is 2.77. The van der Waals surface area contributed by atoms with Crippen LogP contribution in [0.25, 0.3) is 0 Å². The second kappa shape index (κ2) is 9.14. The maximum atomic E-state index is 13.0. The molecule has 0 aliphatic carbocycles. The molecule has 0 saturated carbocycles. The number of non-ortho nitro benzene ring substituents is 2. The summed E-state index contributed by atoms with van der Waals surface area (Å²) in [6.45, 7) is 0. The molecule has 0 radical (unpaired) electrons. The minimum Gasteiger partial charge on any atom is -0.445 e. The first-order valence-corrected chi connectivity index (χ1v) is 9.14. The standard InChI is InChI=1S/C21H13ClN2O7/c22-18-12-16(24(29)30)10-11-17(18)21(26)31-20(19(25)13-4-2-1-3-5-13)14-6-8-15(9-7-14)23(27)28/h1-12,20H/t20-/m1/s1. The van der Waals surface area contributed by atoms with Gasteiger partial charge >= 0.3 is 5.97 Å². The van der Waals surface area contributed by atoms with Crippen molar-refractivity contribution >= 4 is 34.7 Å². The minimum absolute atomic E-state index is 0.167. The Morgan fingerprint density at radius 2 is 1.42 bits per heavy atom. The van der Waals surface area contributed by atoms with Gasteiger partial charge in [-0.25, -0.2) is 4.79 Å². The van der Waals surface area contributed by atoms with Crippen molar-refractivity contribution in [1.82, 2.24) is 0 Å². The molecule has 10 heteroatoms. The maximum Gasteiger partial charge on any atom is 0.340 e. The summed E-state index contributed by atoms with van der Waals surface area (Å²) in [4.78, 5) is 46.2. The van der Waals surface area contributed by atoms with Crippen LogP contribution in [0.15, 0.2) is 72.8 Å². The zero-order valence-electron chi connectivity index (χ0n) is 15.6. The highest BCUT2D eigenvalue weighted by molar-refractivity contribution is 6.33. The molecule has 9 nitrogen and oxygen atoms in total. The largest absolute Gasteiger partial charge is 0.445 e. The smallest absolute Gasteiger partial charge is 0.340 e. The van der Waals surface area contributed by atoms with Crippen LogP contribution in [0.1, 0.15) is 32.4 Å². The Hall–Kier alpha value is -4.11. The lowest BCUT2D eigenvalue weighted by molar-refractivity contribution is -0.385. The van der Waals surface area contributed by atoms with Crippen LogP contribution in [0, 0.1) is 20.2 Å². The Bertz CT molecular complexity index is 1160. The van der Waals surface area contributed by atoms with Crippen LogP contribution < -0.4 is 0 Å². The van der Waals surface area contributed by atoms with Gasteiger partial charge in [0.05, 0.1) is 20.4 Å². The van der Waals surface area contributed by atoms with E-state index in [1.54, 1.807) is 18.2 Å². The number of halogens is 1. The molecule has 3 aromatic carbocycles. The molecule has 0 aliphatic rings. The van der Waals surface area contributed by atoms with E-state index in [2.05, 4.69) is 0 Å². The summed E-state index contributed by atoms with van der Waals surface area (Å²) in [6.07, 6.45) is -1.41. The molecule has 0 saturated heterocycles. The number of esters is 1. The summed E-state index contributed by atoms with van der Waals surface area (Å²) < 4.78 is 5.41. The van der Waals surface area contributed by atoms with Crippen molar-refractivity contribution in [2.75, 3.05) is 0 Å². The minimum atomic E-state index is -1.41. The quantitative estimate of drug-likeness (QED) is 0.220. The fourth-order valence-electron chi connectivity index (χ4n) is 2.75. The number of nitrogens with zero attached hydrogens (tertiary/aromatic N) is 2. The second-order valence-corrected chi connectivity index (χ2v) is 6.69. The van der Waals surface area contributed by atoms with Crippen LogP contribution >= 0.6 is 11.6 Å². The zero-order valence-corrected chi connectivity index (χ0v) is 16.4. The average molecular weight is 441 g/mol.